The molecule has 2 atom stereocenters. The monoisotopic (exact) mass is 277 g/mol. The van der Waals surface area contributed by atoms with Crippen LogP contribution in [0.3, 0.4) is 0 Å². The molecule has 20 heavy (non-hydrogen) atoms. The van der Waals surface area contributed by atoms with Crippen LogP contribution in [0.15, 0.2) is 24.3 Å². The van der Waals surface area contributed by atoms with Crippen molar-refractivity contribution in [3.63, 3.8) is 0 Å². The fourth-order valence-electron chi connectivity index (χ4n) is 3.14. The zero-order chi connectivity index (χ0) is 14.4. The average molecular weight is 277 g/mol. The normalized spacial score (nSPS) is 26.2. The van der Waals surface area contributed by atoms with Crippen LogP contribution in [0.4, 0.5) is 0 Å². The van der Waals surface area contributed by atoms with Gasteiger partial charge in [0.25, 0.3) is 0 Å². The van der Waals surface area contributed by atoms with Crippen molar-refractivity contribution in [2.45, 2.75) is 51.5 Å². The molecule has 2 N–H and O–H groups in total. The highest BCUT2D eigenvalue weighted by molar-refractivity contribution is 5.39. The molecule has 1 aromatic rings. The summed E-state index contributed by atoms with van der Waals surface area (Å²) in [6, 6.07) is 7.83. The first-order valence-electron chi connectivity index (χ1n) is 7.76. The van der Waals surface area contributed by atoms with Gasteiger partial charge in [-0.1, -0.05) is 31.9 Å². The Bertz CT molecular complexity index is 421. The van der Waals surface area contributed by atoms with Crippen molar-refractivity contribution in [3.8, 4) is 11.5 Å². The molecule has 0 radical (unpaired) electrons. The third-order valence-corrected chi connectivity index (χ3v) is 4.13. The second-order valence-electron chi connectivity index (χ2n) is 6.04. The number of hydrogen-bond acceptors (Lipinski definition) is 3. The molecule has 112 valence electrons. The topological polar surface area (TPSA) is 44.5 Å². The zero-order valence-electron chi connectivity index (χ0n) is 12.7. The highest BCUT2D eigenvalue weighted by atomic mass is 16.5. The summed E-state index contributed by atoms with van der Waals surface area (Å²) in [5.41, 5.74) is 6.46. The molecule has 0 saturated heterocycles. The Morgan fingerprint density at radius 3 is 2.60 bits per heavy atom. The van der Waals surface area contributed by atoms with E-state index in [1.54, 1.807) is 0 Å². The highest BCUT2D eigenvalue weighted by Gasteiger charge is 2.30. The molecule has 1 aliphatic rings. The van der Waals surface area contributed by atoms with E-state index in [-0.39, 0.29) is 5.54 Å². The van der Waals surface area contributed by atoms with Crippen molar-refractivity contribution in [1.29, 1.82) is 0 Å². The van der Waals surface area contributed by atoms with E-state index in [0.717, 1.165) is 36.7 Å². The van der Waals surface area contributed by atoms with E-state index < -0.39 is 0 Å². The predicted molar refractivity (Wildman–Crippen MR) is 82.3 cm³/mol. The van der Waals surface area contributed by atoms with E-state index in [1.807, 2.05) is 31.2 Å². The van der Waals surface area contributed by atoms with Crippen molar-refractivity contribution in [3.05, 3.63) is 24.3 Å². The molecule has 3 nitrogen and oxygen atoms in total. The summed E-state index contributed by atoms with van der Waals surface area (Å²) < 4.78 is 11.5. The van der Waals surface area contributed by atoms with E-state index in [1.165, 1.54) is 12.8 Å². The van der Waals surface area contributed by atoms with Gasteiger partial charge in [0, 0.05) is 5.54 Å². The summed E-state index contributed by atoms with van der Waals surface area (Å²) >= 11 is 0. The Kier molecular flexibility index (Phi) is 5.30. The number of para-hydroxylation sites is 2. The summed E-state index contributed by atoms with van der Waals surface area (Å²) in [5, 5.41) is 0. The molecule has 1 fully saturated rings. The molecule has 0 aromatic heterocycles. The maximum atomic E-state index is 6.50. The van der Waals surface area contributed by atoms with Gasteiger partial charge in [-0.2, -0.15) is 0 Å². The van der Waals surface area contributed by atoms with Gasteiger partial charge in [-0.15, -0.1) is 0 Å². The molecular formula is C17H27NO2. The number of nitrogens with two attached hydrogens (primary N) is 1. The molecule has 0 amide bonds. The number of benzene rings is 1. The fourth-order valence-corrected chi connectivity index (χ4v) is 3.14. The van der Waals surface area contributed by atoms with Crippen molar-refractivity contribution in [2.24, 2.45) is 11.7 Å². The van der Waals surface area contributed by atoms with Gasteiger partial charge in [0.15, 0.2) is 11.5 Å². The van der Waals surface area contributed by atoms with Gasteiger partial charge >= 0.3 is 0 Å². The van der Waals surface area contributed by atoms with Gasteiger partial charge in [0.05, 0.1) is 13.2 Å². The average Bonchev–Trinajstić information content (AvgIpc) is 2.40. The standard InChI is InChI=1S/C17H27NO2/c1-3-19-15-8-4-5-9-16(15)20-12-11-17(18)10-6-7-14(2)13-17/h4-5,8-9,14H,3,6-7,10-13,18H2,1-2H3. The Labute approximate surface area is 122 Å². The fraction of sp³-hybridized carbons (Fsp3) is 0.647. The molecule has 2 rings (SSSR count). The zero-order valence-corrected chi connectivity index (χ0v) is 12.7. The minimum atomic E-state index is -0.0434. The second kappa shape index (κ2) is 6.98. The van der Waals surface area contributed by atoms with Gasteiger partial charge in [-0.05, 0) is 44.2 Å². The highest BCUT2D eigenvalue weighted by Crippen LogP contribution is 2.33. The minimum Gasteiger partial charge on any atom is -0.490 e. The van der Waals surface area contributed by atoms with Crippen LogP contribution in [0.2, 0.25) is 0 Å². The maximum Gasteiger partial charge on any atom is 0.161 e. The van der Waals surface area contributed by atoms with Gasteiger partial charge in [0.1, 0.15) is 0 Å². The van der Waals surface area contributed by atoms with E-state index in [0.29, 0.717) is 13.2 Å². The van der Waals surface area contributed by atoms with Gasteiger partial charge in [-0.25, -0.2) is 0 Å². The third-order valence-electron chi connectivity index (χ3n) is 4.13. The SMILES string of the molecule is CCOc1ccccc1OCCC1(N)CCCC(C)C1. The van der Waals surface area contributed by atoms with Crippen LogP contribution in [-0.4, -0.2) is 18.8 Å². The van der Waals surface area contributed by atoms with Gasteiger partial charge in [-0.3, -0.25) is 0 Å². The lowest BCUT2D eigenvalue weighted by Gasteiger charge is -2.36. The van der Waals surface area contributed by atoms with Crippen LogP contribution in [0.1, 0.15) is 46.0 Å². The van der Waals surface area contributed by atoms with Crippen LogP contribution in [0.25, 0.3) is 0 Å². The molecule has 2 unspecified atom stereocenters. The Hall–Kier alpha value is -1.22. The predicted octanol–water partition coefficient (Wildman–Crippen LogP) is 3.76. The Balaban J connectivity index is 1.86. The first kappa shape index (κ1) is 15.2. The van der Waals surface area contributed by atoms with Crippen molar-refractivity contribution < 1.29 is 9.47 Å². The summed E-state index contributed by atoms with van der Waals surface area (Å²) in [7, 11) is 0. The van der Waals surface area contributed by atoms with Crippen molar-refractivity contribution in [1.82, 2.24) is 0 Å². The van der Waals surface area contributed by atoms with Crippen molar-refractivity contribution in [2.75, 3.05) is 13.2 Å². The van der Waals surface area contributed by atoms with Crippen LogP contribution >= 0.6 is 0 Å². The maximum absolute atomic E-state index is 6.50. The summed E-state index contributed by atoms with van der Waals surface area (Å²) in [6.07, 6.45) is 5.70. The van der Waals surface area contributed by atoms with Crippen LogP contribution in [-0.2, 0) is 0 Å². The van der Waals surface area contributed by atoms with Crippen molar-refractivity contribution >= 4 is 0 Å². The van der Waals surface area contributed by atoms with Crippen LogP contribution in [0.5, 0.6) is 11.5 Å². The summed E-state index contributed by atoms with van der Waals surface area (Å²) in [5.74, 6) is 2.38. The van der Waals surface area contributed by atoms with E-state index in [4.69, 9.17) is 15.2 Å². The van der Waals surface area contributed by atoms with E-state index >= 15 is 0 Å². The molecule has 1 aromatic carbocycles. The third kappa shape index (κ3) is 4.14. The summed E-state index contributed by atoms with van der Waals surface area (Å²) in [4.78, 5) is 0. The smallest absolute Gasteiger partial charge is 0.161 e. The summed E-state index contributed by atoms with van der Waals surface area (Å²) in [6.45, 7) is 5.59. The lowest BCUT2D eigenvalue weighted by molar-refractivity contribution is 0.181. The van der Waals surface area contributed by atoms with Gasteiger partial charge < -0.3 is 15.2 Å². The molecule has 0 aliphatic heterocycles. The van der Waals surface area contributed by atoms with E-state index in [9.17, 15) is 0 Å². The first-order valence-corrected chi connectivity index (χ1v) is 7.76. The molecule has 0 spiro atoms. The lowest BCUT2D eigenvalue weighted by Crippen LogP contribution is -2.45. The second-order valence-corrected chi connectivity index (χ2v) is 6.04. The molecule has 0 heterocycles. The van der Waals surface area contributed by atoms with Gasteiger partial charge in [0.2, 0.25) is 0 Å². The Morgan fingerprint density at radius 2 is 1.95 bits per heavy atom. The molecule has 1 aliphatic carbocycles. The molecule has 0 bridgehead atoms. The largest absolute Gasteiger partial charge is 0.490 e. The lowest BCUT2D eigenvalue weighted by atomic mass is 9.75. The van der Waals surface area contributed by atoms with E-state index in [2.05, 4.69) is 6.92 Å². The number of ether oxygens (including phenoxy) is 2. The molecule has 3 heteroatoms. The Morgan fingerprint density at radius 1 is 1.25 bits per heavy atom. The number of hydrogen-bond donors (Lipinski definition) is 1. The van der Waals surface area contributed by atoms with Crippen LogP contribution in [0, 0.1) is 5.92 Å². The molecular weight excluding hydrogens is 250 g/mol. The van der Waals surface area contributed by atoms with Crippen LogP contribution < -0.4 is 15.2 Å². The number of rotatable bonds is 6. The minimum absolute atomic E-state index is 0.0434. The quantitative estimate of drug-likeness (QED) is 0.861. The molecule has 1 saturated carbocycles. The first-order chi connectivity index (χ1) is 9.63.